The number of hydrogen-bond donors (Lipinski definition) is 0. The summed E-state index contributed by atoms with van der Waals surface area (Å²) >= 11 is 1.51. The normalized spacial score (nSPS) is 10.5. The van der Waals surface area contributed by atoms with E-state index in [-0.39, 0.29) is 18.9 Å². The molecule has 1 amide bonds. The molecule has 0 fully saturated rings. The van der Waals surface area contributed by atoms with Gasteiger partial charge in [0.2, 0.25) is 5.89 Å². The summed E-state index contributed by atoms with van der Waals surface area (Å²) in [6, 6.07) is 3.81. The minimum atomic E-state index is -0.506. The van der Waals surface area contributed by atoms with Crippen LogP contribution < -0.4 is 0 Å². The Labute approximate surface area is 151 Å². The number of aromatic nitrogens is 1. The zero-order chi connectivity index (χ0) is 18.4. The summed E-state index contributed by atoms with van der Waals surface area (Å²) in [6.07, 6.45) is -0.0272. The van der Waals surface area contributed by atoms with Crippen LogP contribution in [0.15, 0.2) is 34.1 Å². The molecule has 0 bridgehead atoms. The number of carbonyl (C=O) groups is 2. The van der Waals surface area contributed by atoms with Gasteiger partial charge in [0.25, 0.3) is 5.91 Å². The number of carbonyl (C=O) groups excluding carboxylic acids is 2. The Morgan fingerprint density at radius 3 is 2.80 bits per heavy atom. The summed E-state index contributed by atoms with van der Waals surface area (Å²) in [7, 11) is 0. The van der Waals surface area contributed by atoms with Crippen LogP contribution in [0, 0.1) is 6.92 Å². The van der Waals surface area contributed by atoms with Crippen molar-refractivity contribution in [2.45, 2.75) is 27.2 Å². The van der Waals surface area contributed by atoms with E-state index in [1.807, 2.05) is 31.4 Å². The Morgan fingerprint density at radius 1 is 1.44 bits per heavy atom. The number of likely N-dealkylation sites (N-methyl/N-ethyl adjacent to an activating group) is 1. The minimum absolute atomic E-state index is 0.0272. The molecule has 6 nitrogen and oxygen atoms in total. The van der Waals surface area contributed by atoms with Crippen molar-refractivity contribution >= 4 is 23.2 Å². The lowest BCUT2D eigenvalue weighted by Gasteiger charge is -2.20. The van der Waals surface area contributed by atoms with E-state index < -0.39 is 5.97 Å². The number of amides is 1. The molecule has 0 aromatic carbocycles. The smallest absolute Gasteiger partial charge is 0.312 e. The number of ether oxygens (including phenoxy) is 1. The van der Waals surface area contributed by atoms with Gasteiger partial charge in [-0.2, -0.15) is 0 Å². The maximum atomic E-state index is 12.1. The van der Waals surface area contributed by atoms with Crippen LogP contribution in [-0.2, 0) is 20.7 Å². The van der Waals surface area contributed by atoms with E-state index in [1.54, 1.807) is 11.8 Å². The van der Waals surface area contributed by atoms with Crippen LogP contribution in [0.5, 0.6) is 0 Å². The fourth-order valence-corrected chi connectivity index (χ4v) is 2.87. The molecule has 0 atom stereocenters. The molecule has 0 saturated heterocycles. The van der Waals surface area contributed by atoms with Gasteiger partial charge in [-0.15, -0.1) is 11.3 Å². The average Bonchev–Trinajstić information content (AvgIpc) is 3.20. The molecule has 7 heteroatoms. The molecule has 0 spiro atoms. The number of esters is 1. The van der Waals surface area contributed by atoms with Crippen LogP contribution in [0.2, 0.25) is 0 Å². The highest BCUT2D eigenvalue weighted by Crippen LogP contribution is 2.26. The SMILES string of the molecule is C=C(C)CN(CC)C(=O)COC(=O)Cc1nc(-c2cccs2)oc1C. The van der Waals surface area contributed by atoms with Crippen LogP contribution in [-0.4, -0.2) is 41.5 Å². The third kappa shape index (κ3) is 5.29. The molecule has 0 radical (unpaired) electrons. The zero-order valence-electron chi connectivity index (χ0n) is 14.7. The topological polar surface area (TPSA) is 72.6 Å². The maximum Gasteiger partial charge on any atom is 0.312 e. The van der Waals surface area contributed by atoms with Gasteiger partial charge in [0.1, 0.15) is 5.76 Å². The van der Waals surface area contributed by atoms with E-state index in [9.17, 15) is 9.59 Å². The molecule has 2 aromatic rings. The number of oxazole rings is 1. The van der Waals surface area contributed by atoms with Gasteiger partial charge < -0.3 is 14.1 Å². The summed E-state index contributed by atoms with van der Waals surface area (Å²) in [5, 5.41) is 1.93. The van der Waals surface area contributed by atoms with Crippen molar-refractivity contribution in [1.29, 1.82) is 0 Å². The van der Waals surface area contributed by atoms with Gasteiger partial charge in [-0.1, -0.05) is 18.2 Å². The van der Waals surface area contributed by atoms with Crippen LogP contribution in [0.3, 0.4) is 0 Å². The number of nitrogens with zero attached hydrogens (tertiary/aromatic N) is 2. The molecule has 2 heterocycles. The number of hydrogen-bond acceptors (Lipinski definition) is 6. The molecule has 0 aliphatic carbocycles. The predicted molar refractivity (Wildman–Crippen MR) is 96.3 cm³/mol. The molecule has 2 aromatic heterocycles. The zero-order valence-corrected chi connectivity index (χ0v) is 15.5. The number of rotatable bonds is 8. The Kier molecular flexibility index (Phi) is 6.52. The van der Waals surface area contributed by atoms with Crippen molar-refractivity contribution in [3.63, 3.8) is 0 Å². The molecule has 0 aliphatic rings. The second-order valence-corrected chi connectivity index (χ2v) is 6.65. The molecule has 0 N–H and O–H groups in total. The fourth-order valence-electron chi connectivity index (χ4n) is 2.22. The van der Waals surface area contributed by atoms with Crippen molar-refractivity contribution in [3.8, 4) is 10.8 Å². The van der Waals surface area contributed by atoms with Gasteiger partial charge in [-0.25, -0.2) is 4.98 Å². The average molecular weight is 362 g/mol. The van der Waals surface area contributed by atoms with Gasteiger partial charge >= 0.3 is 5.97 Å². The van der Waals surface area contributed by atoms with E-state index in [0.29, 0.717) is 30.4 Å². The van der Waals surface area contributed by atoms with Gasteiger partial charge in [0.05, 0.1) is 17.0 Å². The monoisotopic (exact) mass is 362 g/mol. The van der Waals surface area contributed by atoms with Crippen LogP contribution in [0.25, 0.3) is 10.8 Å². The van der Waals surface area contributed by atoms with Crippen molar-refractivity contribution in [2.24, 2.45) is 0 Å². The lowest BCUT2D eigenvalue weighted by atomic mass is 10.3. The summed E-state index contributed by atoms with van der Waals surface area (Å²) in [5.74, 6) is 0.318. The summed E-state index contributed by atoms with van der Waals surface area (Å²) < 4.78 is 10.7. The lowest BCUT2D eigenvalue weighted by Crippen LogP contribution is -2.35. The summed E-state index contributed by atoms with van der Waals surface area (Å²) in [5.41, 5.74) is 1.40. The minimum Gasteiger partial charge on any atom is -0.455 e. The van der Waals surface area contributed by atoms with Gasteiger partial charge in [-0.05, 0) is 32.2 Å². The van der Waals surface area contributed by atoms with Crippen molar-refractivity contribution in [2.75, 3.05) is 19.7 Å². The van der Waals surface area contributed by atoms with E-state index >= 15 is 0 Å². The van der Waals surface area contributed by atoms with Crippen molar-refractivity contribution in [3.05, 3.63) is 41.1 Å². The van der Waals surface area contributed by atoms with Crippen molar-refractivity contribution in [1.82, 2.24) is 9.88 Å². The Bertz CT molecular complexity index is 749. The molecular formula is C18H22N2O4S. The second-order valence-electron chi connectivity index (χ2n) is 5.70. The first kappa shape index (κ1) is 18.9. The highest BCUT2D eigenvalue weighted by Gasteiger charge is 2.18. The summed E-state index contributed by atoms with van der Waals surface area (Å²) in [6.45, 7) is 9.97. The van der Waals surface area contributed by atoms with E-state index in [4.69, 9.17) is 9.15 Å². The quantitative estimate of drug-likeness (QED) is 0.532. The molecule has 2 rings (SSSR count). The van der Waals surface area contributed by atoms with E-state index in [2.05, 4.69) is 11.6 Å². The number of thiophene rings is 1. The molecule has 0 unspecified atom stereocenters. The fraction of sp³-hybridized carbons (Fsp3) is 0.389. The van der Waals surface area contributed by atoms with Crippen molar-refractivity contribution < 1.29 is 18.7 Å². The molecule has 0 aliphatic heterocycles. The third-order valence-corrected chi connectivity index (χ3v) is 4.35. The van der Waals surface area contributed by atoms with Crippen LogP contribution in [0.1, 0.15) is 25.3 Å². The van der Waals surface area contributed by atoms with Crippen LogP contribution in [0.4, 0.5) is 0 Å². The number of aryl methyl sites for hydroxylation is 1. The Morgan fingerprint density at radius 2 is 2.20 bits per heavy atom. The van der Waals surface area contributed by atoms with Gasteiger partial charge in [0.15, 0.2) is 6.61 Å². The standard InChI is InChI=1S/C18H22N2O4S/c1-5-20(10-12(2)3)16(21)11-23-17(22)9-14-13(4)24-18(19-14)15-7-6-8-25-15/h6-8H,2,5,9-11H2,1,3-4H3. The van der Waals surface area contributed by atoms with E-state index in [1.165, 1.54) is 11.3 Å². The first-order valence-electron chi connectivity index (χ1n) is 7.98. The second kappa shape index (κ2) is 8.62. The van der Waals surface area contributed by atoms with E-state index in [0.717, 1.165) is 10.5 Å². The van der Waals surface area contributed by atoms with Gasteiger partial charge in [-0.3, -0.25) is 9.59 Å². The third-order valence-electron chi connectivity index (χ3n) is 3.49. The largest absolute Gasteiger partial charge is 0.455 e. The lowest BCUT2D eigenvalue weighted by molar-refractivity contribution is -0.151. The van der Waals surface area contributed by atoms with Crippen LogP contribution >= 0.6 is 11.3 Å². The predicted octanol–water partition coefficient (Wildman–Crippen LogP) is 3.22. The first-order chi connectivity index (χ1) is 11.9. The molecule has 25 heavy (non-hydrogen) atoms. The first-order valence-corrected chi connectivity index (χ1v) is 8.86. The molecular weight excluding hydrogens is 340 g/mol. The maximum absolute atomic E-state index is 12.1. The Hall–Kier alpha value is -2.41. The highest BCUT2D eigenvalue weighted by molar-refractivity contribution is 7.13. The summed E-state index contributed by atoms with van der Waals surface area (Å²) in [4.78, 5) is 30.9. The highest BCUT2D eigenvalue weighted by atomic mass is 32.1. The molecule has 0 saturated carbocycles. The molecule has 134 valence electrons. The van der Waals surface area contributed by atoms with Gasteiger partial charge in [0, 0.05) is 13.1 Å². The Balaban J connectivity index is 1.90.